The number of Topliss-reactive ketones (excluding diaryl/α,β-unsaturated/α-hetero) is 1. The molecule has 0 radical (unpaired) electrons. The molecule has 1 aromatic heterocycles. The minimum atomic E-state index is -0.751. The Bertz CT molecular complexity index is 874. The highest BCUT2D eigenvalue weighted by atomic mass is 32.1. The molecule has 0 saturated heterocycles. The Kier molecular flexibility index (Phi) is 7.39. The molecular formula is C19H21N3O5S. The number of carbonyl (C=O) groups excluding carboxylic acids is 4. The van der Waals surface area contributed by atoms with Crippen LogP contribution in [0.4, 0.5) is 10.8 Å². The van der Waals surface area contributed by atoms with Crippen molar-refractivity contribution in [2.75, 3.05) is 17.2 Å². The quantitative estimate of drug-likeness (QED) is 0.517. The first-order valence-electron chi connectivity index (χ1n) is 8.58. The normalized spacial score (nSPS) is 10.4. The highest BCUT2D eigenvalue weighted by Gasteiger charge is 2.15. The van der Waals surface area contributed by atoms with Gasteiger partial charge in [0.15, 0.2) is 23.2 Å². The van der Waals surface area contributed by atoms with Gasteiger partial charge in [-0.05, 0) is 30.2 Å². The van der Waals surface area contributed by atoms with Crippen molar-refractivity contribution in [1.82, 2.24) is 4.98 Å². The van der Waals surface area contributed by atoms with Gasteiger partial charge in [-0.25, -0.2) is 9.78 Å². The first kappa shape index (κ1) is 21.2. The van der Waals surface area contributed by atoms with E-state index in [1.165, 1.54) is 12.3 Å². The van der Waals surface area contributed by atoms with Crippen molar-refractivity contribution in [2.24, 2.45) is 5.92 Å². The fourth-order valence-electron chi connectivity index (χ4n) is 2.19. The van der Waals surface area contributed by atoms with Gasteiger partial charge in [0.05, 0.1) is 0 Å². The zero-order valence-electron chi connectivity index (χ0n) is 15.8. The van der Waals surface area contributed by atoms with E-state index in [2.05, 4.69) is 15.6 Å². The third-order valence-corrected chi connectivity index (χ3v) is 4.17. The van der Waals surface area contributed by atoms with Gasteiger partial charge in [-0.15, -0.1) is 11.3 Å². The van der Waals surface area contributed by atoms with E-state index in [0.29, 0.717) is 17.7 Å². The molecule has 1 aromatic carbocycles. The average molecular weight is 403 g/mol. The van der Waals surface area contributed by atoms with Gasteiger partial charge < -0.3 is 15.4 Å². The molecule has 9 heteroatoms. The molecule has 0 aliphatic carbocycles. The third kappa shape index (κ3) is 6.58. The minimum absolute atomic E-state index is 0.0183. The van der Waals surface area contributed by atoms with E-state index in [4.69, 9.17) is 4.74 Å². The van der Waals surface area contributed by atoms with Crippen molar-refractivity contribution < 1.29 is 23.9 Å². The molecule has 0 saturated carbocycles. The molecule has 2 rings (SSSR count). The summed E-state index contributed by atoms with van der Waals surface area (Å²) in [5.41, 5.74) is 0.962. The maximum Gasteiger partial charge on any atom is 0.358 e. The first-order chi connectivity index (χ1) is 13.2. The van der Waals surface area contributed by atoms with Crippen LogP contribution in [0.3, 0.4) is 0 Å². The Balaban J connectivity index is 1.87. The zero-order chi connectivity index (χ0) is 20.7. The van der Waals surface area contributed by atoms with E-state index in [-0.39, 0.29) is 34.3 Å². The SMILES string of the molecule is CC(=O)Nc1nc(C(=O)OCC(=O)c2ccc(NC(=O)CC(C)C)cc2)cs1. The Morgan fingerprint density at radius 2 is 1.79 bits per heavy atom. The Morgan fingerprint density at radius 3 is 2.39 bits per heavy atom. The standard InChI is InChI=1S/C19H21N3O5S/c1-11(2)8-17(25)21-14-6-4-13(5-7-14)16(24)9-27-18(26)15-10-28-19(22-15)20-12(3)23/h4-7,10-11H,8-9H2,1-3H3,(H,21,25)(H,20,22,23). The largest absolute Gasteiger partial charge is 0.453 e. The van der Waals surface area contributed by atoms with Gasteiger partial charge in [0, 0.05) is 30.0 Å². The van der Waals surface area contributed by atoms with Crippen LogP contribution in [0, 0.1) is 5.92 Å². The van der Waals surface area contributed by atoms with Gasteiger partial charge in [-0.3, -0.25) is 14.4 Å². The fraction of sp³-hybridized carbons (Fsp3) is 0.316. The number of esters is 1. The summed E-state index contributed by atoms with van der Waals surface area (Å²) in [6.45, 7) is 4.80. The number of nitrogens with zero attached hydrogens (tertiary/aromatic N) is 1. The van der Waals surface area contributed by atoms with Gasteiger partial charge in [0.2, 0.25) is 11.8 Å². The molecule has 2 aromatic rings. The molecule has 0 spiro atoms. The molecular weight excluding hydrogens is 382 g/mol. The predicted molar refractivity (Wildman–Crippen MR) is 106 cm³/mol. The number of hydrogen-bond acceptors (Lipinski definition) is 7. The summed E-state index contributed by atoms with van der Waals surface area (Å²) in [6.07, 6.45) is 0.414. The number of nitrogens with one attached hydrogen (secondary N) is 2. The van der Waals surface area contributed by atoms with Crippen LogP contribution in [0.5, 0.6) is 0 Å². The molecule has 2 amide bonds. The summed E-state index contributed by atoms with van der Waals surface area (Å²) in [4.78, 5) is 50.8. The molecule has 0 fully saturated rings. The third-order valence-electron chi connectivity index (χ3n) is 3.41. The minimum Gasteiger partial charge on any atom is -0.453 e. The summed E-state index contributed by atoms with van der Waals surface area (Å²) in [7, 11) is 0. The first-order valence-corrected chi connectivity index (χ1v) is 9.46. The van der Waals surface area contributed by atoms with Gasteiger partial charge in [-0.2, -0.15) is 0 Å². The van der Waals surface area contributed by atoms with Gasteiger partial charge in [0.25, 0.3) is 0 Å². The second kappa shape index (κ2) is 9.75. The molecule has 8 nitrogen and oxygen atoms in total. The lowest BCUT2D eigenvalue weighted by molar-refractivity contribution is -0.117. The van der Waals surface area contributed by atoms with Crippen LogP contribution in [0.2, 0.25) is 0 Å². The highest BCUT2D eigenvalue weighted by molar-refractivity contribution is 7.14. The van der Waals surface area contributed by atoms with E-state index in [1.54, 1.807) is 24.3 Å². The second-order valence-electron chi connectivity index (χ2n) is 6.44. The molecule has 28 heavy (non-hydrogen) atoms. The lowest BCUT2D eigenvalue weighted by atomic mass is 10.1. The number of benzene rings is 1. The highest BCUT2D eigenvalue weighted by Crippen LogP contribution is 2.16. The number of hydrogen-bond donors (Lipinski definition) is 2. The van der Waals surface area contributed by atoms with E-state index >= 15 is 0 Å². The van der Waals surface area contributed by atoms with Crippen LogP contribution in [0.15, 0.2) is 29.6 Å². The van der Waals surface area contributed by atoms with Crippen molar-refractivity contribution in [1.29, 1.82) is 0 Å². The number of aromatic nitrogens is 1. The summed E-state index contributed by atoms with van der Waals surface area (Å²) in [5.74, 6) is -1.27. The van der Waals surface area contributed by atoms with E-state index < -0.39 is 12.6 Å². The predicted octanol–water partition coefficient (Wildman–Crippen LogP) is 3.13. The van der Waals surface area contributed by atoms with E-state index in [9.17, 15) is 19.2 Å². The number of carbonyl (C=O) groups is 4. The van der Waals surface area contributed by atoms with E-state index in [0.717, 1.165) is 11.3 Å². The van der Waals surface area contributed by atoms with Crippen LogP contribution < -0.4 is 10.6 Å². The lowest BCUT2D eigenvalue weighted by Crippen LogP contribution is -2.15. The van der Waals surface area contributed by atoms with Crippen LogP contribution in [-0.4, -0.2) is 35.2 Å². The number of thiazole rings is 1. The Labute approximate surface area is 166 Å². The number of ketones is 1. The summed E-state index contributed by atoms with van der Waals surface area (Å²) < 4.78 is 4.97. The average Bonchev–Trinajstić information content (AvgIpc) is 3.07. The van der Waals surface area contributed by atoms with Crippen molar-refractivity contribution in [3.63, 3.8) is 0 Å². The number of rotatable bonds is 8. The molecule has 0 bridgehead atoms. The van der Waals surface area contributed by atoms with Crippen LogP contribution >= 0.6 is 11.3 Å². The molecule has 0 aliphatic heterocycles. The Morgan fingerprint density at radius 1 is 1.11 bits per heavy atom. The topological polar surface area (TPSA) is 114 Å². The van der Waals surface area contributed by atoms with Crippen molar-refractivity contribution >= 4 is 45.7 Å². The lowest BCUT2D eigenvalue weighted by Gasteiger charge is -2.08. The maximum atomic E-state index is 12.2. The second-order valence-corrected chi connectivity index (χ2v) is 7.30. The van der Waals surface area contributed by atoms with Crippen molar-refractivity contribution in [2.45, 2.75) is 27.2 Å². The number of amides is 2. The summed E-state index contributed by atoms with van der Waals surface area (Å²) in [5, 5.41) is 6.93. The maximum absolute atomic E-state index is 12.2. The molecule has 2 N–H and O–H groups in total. The smallest absolute Gasteiger partial charge is 0.358 e. The van der Waals surface area contributed by atoms with Crippen molar-refractivity contribution in [3.05, 3.63) is 40.9 Å². The molecule has 0 aliphatic rings. The summed E-state index contributed by atoms with van der Waals surface area (Å²) >= 11 is 1.08. The Hall–Kier alpha value is -3.07. The fourth-order valence-corrected chi connectivity index (χ4v) is 2.91. The monoisotopic (exact) mass is 403 g/mol. The van der Waals surface area contributed by atoms with Crippen LogP contribution in [0.1, 0.15) is 48.0 Å². The van der Waals surface area contributed by atoms with Gasteiger partial charge in [0.1, 0.15) is 0 Å². The van der Waals surface area contributed by atoms with Crippen LogP contribution in [-0.2, 0) is 14.3 Å². The number of anilines is 2. The molecule has 1 heterocycles. The van der Waals surface area contributed by atoms with Crippen LogP contribution in [0.25, 0.3) is 0 Å². The number of ether oxygens (including phenoxy) is 1. The summed E-state index contributed by atoms with van der Waals surface area (Å²) in [6, 6.07) is 6.35. The van der Waals surface area contributed by atoms with Crippen molar-refractivity contribution in [3.8, 4) is 0 Å². The molecule has 148 valence electrons. The van der Waals surface area contributed by atoms with E-state index in [1.807, 2.05) is 13.8 Å². The molecule has 0 atom stereocenters. The van der Waals surface area contributed by atoms with Gasteiger partial charge >= 0.3 is 5.97 Å². The molecule has 0 unspecified atom stereocenters. The zero-order valence-corrected chi connectivity index (χ0v) is 16.6. The van der Waals surface area contributed by atoms with Gasteiger partial charge in [-0.1, -0.05) is 13.8 Å².